The predicted molar refractivity (Wildman–Crippen MR) is 97.8 cm³/mol. The van der Waals surface area contributed by atoms with Crippen LogP contribution in [0.1, 0.15) is 0 Å². The van der Waals surface area contributed by atoms with Crippen LogP contribution >= 0.6 is 0 Å². The summed E-state index contributed by atoms with van der Waals surface area (Å²) < 4.78 is 5.17. The van der Waals surface area contributed by atoms with Gasteiger partial charge in [-0.25, -0.2) is 0 Å². The Morgan fingerprint density at radius 1 is 0.583 bits per heavy atom. The first-order valence-corrected chi connectivity index (χ1v) is 7.62. The van der Waals surface area contributed by atoms with Crippen molar-refractivity contribution < 1.29 is 14.9 Å². The maximum absolute atomic E-state index is 9.54. The molecule has 0 aliphatic carbocycles. The standard InChI is InChI=1S/C11H10O2.C10H8O/c1-13-11-7-6-10(12)8-4-2-3-5-9(8)11;11-10-7-3-5-8-4-1-2-6-9(8)10/h2-7,12H,1H3;1-7,11H. The first-order valence-electron chi connectivity index (χ1n) is 7.62. The van der Waals surface area contributed by atoms with Crippen molar-refractivity contribution in [3.8, 4) is 17.2 Å². The Balaban J connectivity index is 0.000000143. The van der Waals surface area contributed by atoms with Crippen molar-refractivity contribution in [1.82, 2.24) is 0 Å². The number of phenols is 2. The lowest BCUT2D eigenvalue weighted by Crippen LogP contribution is -1.84. The van der Waals surface area contributed by atoms with Crippen LogP contribution in [0.5, 0.6) is 17.2 Å². The van der Waals surface area contributed by atoms with Crippen LogP contribution in [0.3, 0.4) is 0 Å². The third kappa shape index (κ3) is 3.10. The van der Waals surface area contributed by atoms with Gasteiger partial charge in [-0.15, -0.1) is 0 Å². The zero-order chi connectivity index (χ0) is 16.9. The molecule has 0 heterocycles. The van der Waals surface area contributed by atoms with Crippen LogP contribution in [0.2, 0.25) is 0 Å². The molecule has 120 valence electrons. The smallest absolute Gasteiger partial charge is 0.126 e. The lowest BCUT2D eigenvalue weighted by Gasteiger charge is -2.05. The zero-order valence-corrected chi connectivity index (χ0v) is 13.3. The van der Waals surface area contributed by atoms with Crippen molar-refractivity contribution in [2.45, 2.75) is 0 Å². The van der Waals surface area contributed by atoms with Crippen LogP contribution < -0.4 is 4.74 Å². The van der Waals surface area contributed by atoms with Gasteiger partial charge in [0.25, 0.3) is 0 Å². The van der Waals surface area contributed by atoms with E-state index in [-0.39, 0.29) is 5.75 Å². The SMILES string of the molecule is COc1ccc(O)c2ccccc12.Oc1cccc2ccccc12. The van der Waals surface area contributed by atoms with Crippen molar-refractivity contribution >= 4 is 21.5 Å². The molecule has 24 heavy (non-hydrogen) atoms. The number of benzene rings is 4. The molecule has 0 spiro atoms. The summed E-state index contributed by atoms with van der Waals surface area (Å²) in [6.45, 7) is 0. The average Bonchev–Trinajstić information content (AvgIpc) is 2.63. The van der Waals surface area contributed by atoms with Gasteiger partial charge in [0, 0.05) is 16.2 Å². The number of hydrogen-bond acceptors (Lipinski definition) is 3. The van der Waals surface area contributed by atoms with Crippen molar-refractivity contribution in [3.05, 3.63) is 78.9 Å². The first kappa shape index (κ1) is 15.7. The summed E-state index contributed by atoms with van der Waals surface area (Å²) in [7, 11) is 1.62. The van der Waals surface area contributed by atoms with Gasteiger partial charge in [-0.05, 0) is 23.6 Å². The van der Waals surface area contributed by atoms with Crippen LogP contribution in [0.25, 0.3) is 21.5 Å². The summed E-state index contributed by atoms with van der Waals surface area (Å²) in [6, 6.07) is 24.3. The van der Waals surface area contributed by atoms with E-state index in [0.717, 1.165) is 27.3 Å². The molecule has 0 saturated carbocycles. The van der Waals surface area contributed by atoms with Gasteiger partial charge in [0.1, 0.15) is 17.2 Å². The molecule has 0 radical (unpaired) electrons. The van der Waals surface area contributed by atoms with Gasteiger partial charge < -0.3 is 14.9 Å². The predicted octanol–water partition coefficient (Wildman–Crippen LogP) is 5.10. The lowest BCUT2D eigenvalue weighted by atomic mass is 10.1. The summed E-state index contributed by atoms with van der Waals surface area (Å²) in [5.41, 5.74) is 0. The fourth-order valence-electron chi connectivity index (χ4n) is 2.64. The fraction of sp³-hybridized carbons (Fsp3) is 0.0476. The molecular weight excluding hydrogens is 300 g/mol. The van der Waals surface area contributed by atoms with E-state index in [9.17, 15) is 10.2 Å². The summed E-state index contributed by atoms with van der Waals surface area (Å²) in [5.74, 6) is 1.42. The zero-order valence-electron chi connectivity index (χ0n) is 13.3. The van der Waals surface area contributed by atoms with Crippen molar-refractivity contribution in [1.29, 1.82) is 0 Å². The normalized spacial score (nSPS) is 10.2. The van der Waals surface area contributed by atoms with E-state index < -0.39 is 0 Å². The number of aromatic hydroxyl groups is 2. The van der Waals surface area contributed by atoms with E-state index in [1.807, 2.05) is 60.7 Å². The lowest BCUT2D eigenvalue weighted by molar-refractivity contribution is 0.418. The highest BCUT2D eigenvalue weighted by atomic mass is 16.5. The van der Waals surface area contributed by atoms with E-state index in [2.05, 4.69) is 0 Å². The average molecular weight is 318 g/mol. The van der Waals surface area contributed by atoms with E-state index in [1.165, 1.54) is 0 Å². The second-order valence-corrected chi connectivity index (χ2v) is 5.33. The Morgan fingerprint density at radius 2 is 1.17 bits per heavy atom. The van der Waals surface area contributed by atoms with Gasteiger partial charge >= 0.3 is 0 Å². The second-order valence-electron chi connectivity index (χ2n) is 5.33. The maximum atomic E-state index is 9.54. The van der Waals surface area contributed by atoms with Crippen molar-refractivity contribution in [3.63, 3.8) is 0 Å². The highest BCUT2D eigenvalue weighted by Crippen LogP contribution is 2.31. The van der Waals surface area contributed by atoms with Crippen LogP contribution in [0.4, 0.5) is 0 Å². The van der Waals surface area contributed by atoms with Crippen LogP contribution in [-0.2, 0) is 0 Å². The molecule has 0 saturated heterocycles. The maximum Gasteiger partial charge on any atom is 0.126 e. The van der Waals surface area contributed by atoms with E-state index in [0.29, 0.717) is 5.75 Å². The minimum absolute atomic E-state index is 0.288. The van der Waals surface area contributed by atoms with Crippen molar-refractivity contribution in [2.75, 3.05) is 7.11 Å². The van der Waals surface area contributed by atoms with Gasteiger partial charge in [0.15, 0.2) is 0 Å². The van der Waals surface area contributed by atoms with E-state index >= 15 is 0 Å². The van der Waals surface area contributed by atoms with E-state index in [1.54, 1.807) is 25.3 Å². The third-order valence-corrected chi connectivity index (χ3v) is 3.85. The minimum Gasteiger partial charge on any atom is -0.507 e. The topological polar surface area (TPSA) is 49.7 Å². The molecule has 0 aliphatic rings. The molecule has 0 fully saturated rings. The van der Waals surface area contributed by atoms with Gasteiger partial charge in [0.2, 0.25) is 0 Å². The van der Waals surface area contributed by atoms with Crippen LogP contribution in [0, 0.1) is 0 Å². The molecule has 3 heteroatoms. The highest BCUT2D eigenvalue weighted by molar-refractivity contribution is 5.93. The summed E-state index contributed by atoms with van der Waals surface area (Å²) in [5, 5.41) is 22.7. The second kappa shape index (κ2) is 6.92. The number of rotatable bonds is 1. The molecule has 3 nitrogen and oxygen atoms in total. The Kier molecular flexibility index (Phi) is 4.52. The molecule has 4 aromatic rings. The molecule has 2 N–H and O–H groups in total. The third-order valence-electron chi connectivity index (χ3n) is 3.85. The monoisotopic (exact) mass is 318 g/mol. The molecule has 0 aromatic heterocycles. The van der Waals surface area contributed by atoms with Gasteiger partial charge in [-0.1, -0.05) is 60.7 Å². The number of methoxy groups -OCH3 is 1. The quantitative estimate of drug-likeness (QED) is 0.513. The first-order chi connectivity index (χ1) is 11.7. The molecule has 0 atom stereocenters. The van der Waals surface area contributed by atoms with Crippen LogP contribution in [0.15, 0.2) is 78.9 Å². The highest BCUT2D eigenvalue weighted by Gasteiger charge is 2.03. The molecular formula is C21H18O3. The van der Waals surface area contributed by atoms with E-state index in [4.69, 9.17) is 4.74 Å². The molecule has 4 aromatic carbocycles. The Morgan fingerprint density at radius 3 is 1.88 bits per heavy atom. The van der Waals surface area contributed by atoms with Gasteiger partial charge in [-0.3, -0.25) is 0 Å². The Hall–Kier alpha value is -3.20. The number of phenolic OH excluding ortho intramolecular Hbond substituents is 2. The minimum atomic E-state index is 0.288. The van der Waals surface area contributed by atoms with Crippen molar-refractivity contribution in [2.24, 2.45) is 0 Å². The summed E-state index contributed by atoms with van der Waals surface area (Å²) in [6.07, 6.45) is 0. The Bertz CT molecular complexity index is 971. The molecule has 4 rings (SSSR count). The number of fused-ring (bicyclic) bond motifs is 2. The molecule has 0 unspecified atom stereocenters. The fourth-order valence-corrected chi connectivity index (χ4v) is 2.64. The largest absolute Gasteiger partial charge is 0.507 e. The van der Waals surface area contributed by atoms with Crippen LogP contribution in [-0.4, -0.2) is 17.3 Å². The molecule has 0 aliphatic heterocycles. The van der Waals surface area contributed by atoms with Gasteiger partial charge in [-0.2, -0.15) is 0 Å². The summed E-state index contributed by atoms with van der Waals surface area (Å²) in [4.78, 5) is 0. The summed E-state index contributed by atoms with van der Waals surface area (Å²) >= 11 is 0. The number of ether oxygens (including phenoxy) is 1. The molecule has 0 bridgehead atoms. The Labute approximate surface area is 140 Å². The van der Waals surface area contributed by atoms with Gasteiger partial charge in [0.05, 0.1) is 7.11 Å². The molecule has 0 amide bonds. The number of hydrogen-bond donors (Lipinski definition) is 2.